The highest BCUT2D eigenvalue weighted by Crippen LogP contribution is 2.27. The van der Waals surface area contributed by atoms with Crippen LogP contribution in [0.15, 0.2) is 5.38 Å². The molecular formula is C15H27N3OS. The number of likely N-dealkylation sites (N-methyl/N-ethyl adjacent to an activating group) is 1. The molecule has 0 bridgehead atoms. The number of morpholine rings is 1. The Hall–Kier alpha value is -0.490. The summed E-state index contributed by atoms with van der Waals surface area (Å²) in [4.78, 5) is 7.21. The molecule has 2 unspecified atom stereocenters. The molecule has 0 saturated carbocycles. The molecular weight excluding hydrogens is 270 g/mol. The van der Waals surface area contributed by atoms with E-state index >= 15 is 0 Å². The van der Waals surface area contributed by atoms with Crippen LogP contribution < -0.4 is 5.32 Å². The molecule has 1 saturated heterocycles. The minimum Gasteiger partial charge on any atom is -0.379 e. The van der Waals surface area contributed by atoms with Gasteiger partial charge in [0.25, 0.3) is 0 Å². The van der Waals surface area contributed by atoms with Crippen LogP contribution in [0.2, 0.25) is 0 Å². The highest BCUT2D eigenvalue weighted by atomic mass is 32.1. The lowest BCUT2D eigenvalue weighted by atomic mass is 9.85. The van der Waals surface area contributed by atoms with Gasteiger partial charge in [0.2, 0.25) is 0 Å². The van der Waals surface area contributed by atoms with Crippen molar-refractivity contribution in [2.45, 2.75) is 45.2 Å². The standard InChI is InChI=1S/C15H27N3OS/c1-5-15(3,18-6-8-19-9-7-18)13(16-4)10-14-17-12(2)11-20-14/h11,13,16H,5-10H2,1-4H3. The third kappa shape index (κ3) is 3.39. The van der Waals surface area contributed by atoms with E-state index in [1.807, 2.05) is 0 Å². The number of aromatic nitrogens is 1. The molecule has 4 nitrogen and oxygen atoms in total. The lowest BCUT2D eigenvalue weighted by Gasteiger charge is -2.47. The molecule has 1 N–H and O–H groups in total. The van der Waals surface area contributed by atoms with Crippen molar-refractivity contribution in [3.05, 3.63) is 16.1 Å². The molecule has 2 heterocycles. The Morgan fingerprint density at radius 3 is 2.70 bits per heavy atom. The number of nitrogens with one attached hydrogen (secondary N) is 1. The van der Waals surface area contributed by atoms with Gasteiger partial charge in [-0.25, -0.2) is 4.98 Å². The first-order valence-electron chi connectivity index (χ1n) is 7.51. The van der Waals surface area contributed by atoms with Gasteiger partial charge in [0.05, 0.1) is 18.2 Å². The molecule has 1 aromatic rings. The number of aryl methyl sites for hydroxylation is 1. The van der Waals surface area contributed by atoms with Gasteiger partial charge < -0.3 is 10.1 Å². The fraction of sp³-hybridized carbons (Fsp3) is 0.800. The van der Waals surface area contributed by atoms with Gasteiger partial charge in [-0.1, -0.05) is 6.92 Å². The van der Waals surface area contributed by atoms with Crippen LogP contribution >= 0.6 is 11.3 Å². The second-order valence-corrected chi connectivity index (χ2v) is 6.68. The SMILES string of the molecule is CCC(C)(C(Cc1nc(C)cs1)NC)N1CCOCC1. The molecule has 0 radical (unpaired) electrons. The van der Waals surface area contributed by atoms with Gasteiger partial charge in [-0.15, -0.1) is 11.3 Å². The summed E-state index contributed by atoms with van der Waals surface area (Å²) in [6.07, 6.45) is 2.12. The van der Waals surface area contributed by atoms with Crippen LogP contribution in [0.4, 0.5) is 0 Å². The second-order valence-electron chi connectivity index (χ2n) is 5.74. The fourth-order valence-electron chi connectivity index (χ4n) is 3.07. The predicted molar refractivity (Wildman–Crippen MR) is 84.5 cm³/mol. The highest BCUT2D eigenvalue weighted by molar-refractivity contribution is 7.09. The summed E-state index contributed by atoms with van der Waals surface area (Å²) in [7, 11) is 2.07. The molecule has 5 heteroatoms. The maximum atomic E-state index is 5.50. The van der Waals surface area contributed by atoms with Gasteiger partial charge >= 0.3 is 0 Å². The molecule has 20 heavy (non-hydrogen) atoms. The molecule has 0 aliphatic carbocycles. The summed E-state index contributed by atoms with van der Waals surface area (Å²) in [5.74, 6) is 0. The average Bonchev–Trinajstić information content (AvgIpc) is 2.90. The van der Waals surface area contributed by atoms with Crippen molar-refractivity contribution in [1.82, 2.24) is 15.2 Å². The zero-order valence-electron chi connectivity index (χ0n) is 13.1. The van der Waals surface area contributed by atoms with Crippen molar-refractivity contribution < 1.29 is 4.74 Å². The topological polar surface area (TPSA) is 37.4 Å². The van der Waals surface area contributed by atoms with Crippen molar-refractivity contribution >= 4 is 11.3 Å². The van der Waals surface area contributed by atoms with E-state index in [1.165, 1.54) is 5.01 Å². The number of nitrogens with zero attached hydrogens (tertiary/aromatic N) is 2. The maximum Gasteiger partial charge on any atom is 0.0944 e. The lowest BCUT2D eigenvalue weighted by molar-refractivity contribution is -0.0313. The molecule has 2 atom stereocenters. The molecule has 114 valence electrons. The van der Waals surface area contributed by atoms with Crippen LogP contribution in [-0.2, 0) is 11.2 Å². The Morgan fingerprint density at radius 2 is 2.20 bits per heavy atom. The van der Waals surface area contributed by atoms with E-state index in [-0.39, 0.29) is 5.54 Å². The molecule has 1 fully saturated rings. The normalized spacial score (nSPS) is 21.6. The summed E-state index contributed by atoms with van der Waals surface area (Å²) < 4.78 is 5.50. The minimum atomic E-state index is 0.151. The van der Waals surface area contributed by atoms with Crippen molar-refractivity contribution in [2.24, 2.45) is 0 Å². The van der Waals surface area contributed by atoms with Gasteiger partial charge in [0.15, 0.2) is 0 Å². The van der Waals surface area contributed by atoms with E-state index in [9.17, 15) is 0 Å². The van der Waals surface area contributed by atoms with Crippen molar-refractivity contribution in [3.63, 3.8) is 0 Å². The second kappa shape index (κ2) is 6.98. The van der Waals surface area contributed by atoms with Crippen LogP contribution in [0.3, 0.4) is 0 Å². The van der Waals surface area contributed by atoms with E-state index < -0.39 is 0 Å². The highest BCUT2D eigenvalue weighted by Gasteiger charge is 2.38. The summed E-state index contributed by atoms with van der Waals surface area (Å²) >= 11 is 1.77. The fourth-order valence-corrected chi connectivity index (χ4v) is 3.89. The first-order chi connectivity index (χ1) is 9.60. The Labute approximate surface area is 126 Å². The number of thiazole rings is 1. The monoisotopic (exact) mass is 297 g/mol. The molecule has 1 aliphatic heterocycles. The zero-order chi connectivity index (χ0) is 14.6. The van der Waals surface area contributed by atoms with Gasteiger partial charge in [0, 0.05) is 42.2 Å². The Morgan fingerprint density at radius 1 is 1.50 bits per heavy atom. The van der Waals surface area contributed by atoms with E-state index in [0.717, 1.165) is 44.8 Å². The predicted octanol–water partition coefficient (Wildman–Crippen LogP) is 2.08. The summed E-state index contributed by atoms with van der Waals surface area (Å²) in [5, 5.41) is 6.90. The smallest absolute Gasteiger partial charge is 0.0944 e. The van der Waals surface area contributed by atoms with Gasteiger partial charge in [0.1, 0.15) is 0 Å². The van der Waals surface area contributed by atoms with Crippen LogP contribution in [0.5, 0.6) is 0 Å². The zero-order valence-corrected chi connectivity index (χ0v) is 13.9. The summed E-state index contributed by atoms with van der Waals surface area (Å²) in [5.41, 5.74) is 1.28. The first kappa shape index (κ1) is 15.9. The Balaban J connectivity index is 2.12. The quantitative estimate of drug-likeness (QED) is 0.872. The molecule has 2 rings (SSSR count). The van der Waals surface area contributed by atoms with E-state index in [4.69, 9.17) is 4.74 Å². The number of hydrogen-bond acceptors (Lipinski definition) is 5. The van der Waals surface area contributed by atoms with Gasteiger partial charge in [-0.2, -0.15) is 0 Å². The molecule has 0 spiro atoms. The average molecular weight is 297 g/mol. The lowest BCUT2D eigenvalue weighted by Crippen LogP contribution is -2.62. The number of rotatable bonds is 6. The summed E-state index contributed by atoms with van der Waals surface area (Å²) in [6.45, 7) is 10.5. The van der Waals surface area contributed by atoms with Crippen LogP contribution in [0.25, 0.3) is 0 Å². The van der Waals surface area contributed by atoms with E-state index in [2.05, 4.69) is 48.4 Å². The molecule has 1 aliphatic rings. The first-order valence-corrected chi connectivity index (χ1v) is 8.39. The van der Waals surface area contributed by atoms with Crippen molar-refractivity contribution in [1.29, 1.82) is 0 Å². The Kier molecular flexibility index (Phi) is 5.55. The van der Waals surface area contributed by atoms with Gasteiger partial charge in [-0.3, -0.25) is 4.90 Å². The minimum absolute atomic E-state index is 0.151. The Bertz CT molecular complexity index is 417. The van der Waals surface area contributed by atoms with Crippen LogP contribution in [0.1, 0.15) is 31.0 Å². The molecule has 0 aromatic carbocycles. The third-order valence-electron chi connectivity index (χ3n) is 4.59. The van der Waals surface area contributed by atoms with E-state index in [0.29, 0.717) is 6.04 Å². The largest absolute Gasteiger partial charge is 0.379 e. The number of hydrogen-bond donors (Lipinski definition) is 1. The molecule has 1 aromatic heterocycles. The maximum absolute atomic E-state index is 5.50. The van der Waals surface area contributed by atoms with Crippen LogP contribution in [-0.4, -0.2) is 54.8 Å². The van der Waals surface area contributed by atoms with E-state index in [1.54, 1.807) is 11.3 Å². The summed E-state index contributed by atoms with van der Waals surface area (Å²) in [6, 6.07) is 0.413. The number of ether oxygens (including phenoxy) is 1. The van der Waals surface area contributed by atoms with Gasteiger partial charge in [-0.05, 0) is 27.3 Å². The van der Waals surface area contributed by atoms with Crippen LogP contribution in [0, 0.1) is 6.92 Å². The third-order valence-corrected chi connectivity index (χ3v) is 5.58. The van der Waals surface area contributed by atoms with Crippen molar-refractivity contribution in [3.8, 4) is 0 Å². The molecule has 0 amide bonds. The van der Waals surface area contributed by atoms with Crippen molar-refractivity contribution in [2.75, 3.05) is 33.4 Å².